The van der Waals surface area contributed by atoms with Crippen LogP contribution >= 0.6 is 23.2 Å². The number of aromatic nitrogens is 2. The minimum atomic E-state index is 0.316. The Labute approximate surface area is 101 Å². The van der Waals surface area contributed by atoms with Crippen LogP contribution in [0.4, 0.5) is 0 Å². The third kappa shape index (κ3) is 2.48. The lowest BCUT2D eigenvalue weighted by molar-refractivity contribution is 0.633. The Morgan fingerprint density at radius 1 is 1.53 bits per heavy atom. The second-order valence-electron chi connectivity index (χ2n) is 4.36. The molecule has 0 saturated heterocycles. The zero-order valence-corrected chi connectivity index (χ0v) is 10.6. The van der Waals surface area contributed by atoms with Gasteiger partial charge < -0.3 is 0 Å². The molecule has 84 valence electrons. The summed E-state index contributed by atoms with van der Waals surface area (Å²) in [5, 5.41) is 5.41. The summed E-state index contributed by atoms with van der Waals surface area (Å²) >= 11 is 12.4. The maximum absolute atomic E-state index is 6.27. The summed E-state index contributed by atoms with van der Waals surface area (Å²) in [6.07, 6.45) is 4.53. The molecule has 0 amide bonds. The quantitative estimate of drug-likeness (QED) is 0.746. The number of alkyl halides is 1. The van der Waals surface area contributed by atoms with Crippen LogP contribution in [0.5, 0.6) is 0 Å². The normalized spacial score (nSPS) is 18.1. The maximum atomic E-state index is 6.27. The van der Waals surface area contributed by atoms with E-state index >= 15 is 0 Å². The average molecular weight is 247 g/mol. The van der Waals surface area contributed by atoms with Crippen molar-refractivity contribution in [2.24, 2.45) is 13.0 Å². The largest absolute Gasteiger partial charge is 0.271 e. The Morgan fingerprint density at radius 2 is 2.20 bits per heavy atom. The molecule has 0 spiro atoms. The van der Waals surface area contributed by atoms with Gasteiger partial charge in [0.2, 0.25) is 0 Å². The third-order valence-corrected chi connectivity index (χ3v) is 4.12. The van der Waals surface area contributed by atoms with E-state index in [1.165, 1.54) is 12.8 Å². The van der Waals surface area contributed by atoms with Crippen LogP contribution in [0, 0.1) is 12.8 Å². The number of halogens is 2. The van der Waals surface area contributed by atoms with Crippen molar-refractivity contribution in [3.63, 3.8) is 0 Å². The monoisotopic (exact) mass is 246 g/mol. The molecule has 0 N–H and O–H groups in total. The lowest BCUT2D eigenvalue weighted by Gasteiger charge is -2.07. The molecule has 2 rings (SSSR count). The van der Waals surface area contributed by atoms with Gasteiger partial charge in [0.15, 0.2) is 0 Å². The molecule has 0 bridgehead atoms. The molecule has 2 nitrogen and oxygen atoms in total. The fourth-order valence-corrected chi connectivity index (χ4v) is 2.54. The Bertz CT molecular complexity index is 356. The van der Waals surface area contributed by atoms with Crippen LogP contribution in [0.3, 0.4) is 0 Å². The Morgan fingerprint density at radius 3 is 2.67 bits per heavy atom. The highest BCUT2D eigenvalue weighted by molar-refractivity contribution is 6.31. The standard InChI is InChI=1S/C11H16Cl2N2/c1-7-11(13)10(15(2)14-7)6-5-9(12)8-3-4-8/h8-9H,3-6H2,1-2H3. The van der Waals surface area contributed by atoms with Gasteiger partial charge in [-0.15, -0.1) is 11.6 Å². The van der Waals surface area contributed by atoms with Crippen LogP contribution in [0.15, 0.2) is 0 Å². The summed E-state index contributed by atoms with van der Waals surface area (Å²) in [7, 11) is 1.94. The highest BCUT2D eigenvalue weighted by Crippen LogP contribution is 2.38. The second-order valence-corrected chi connectivity index (χ2v) is 5.30. The highest BCUT2D eigenvalue weighted by atomic mass is 35.5. The van der Waals surface area contributed by atoms with E-state index < -0.39 is 0 Å². The summed E-state index contributed by atoms with van der Waals surface area (Å²) in [4.78, 5) is 0. The Balaban J connectivity index is 1.97. The van der Waals surface area contributed by atoms with Gasteiger partial charge in [0, 0.05) is 12.4 Å². The molecule has 4 heteroatoms. The molecule has 1 heterocycles. The molecule has 1 fully saturated rings. The van der Waals surface area contributed by atoms with Crippen molar-refractivity contribution in [3.8, 4) is 0 Å². The topological polar surface area (TPSA) is 17.8 Å². The molecule has 1 unspecified atom stereocenters. The first-order valence-electron chi connectivity index (χ1n) is 5.41. The molecule has 1 saturated carbocycles. The van der Waals surface area contributed by atoms with Crippen molar-refractivity contribution in [1.82, 2.24) is 9.78 Å². The predicted molar refractivity (Wildman–Crippen MR) is 63.6 cm³/mol. The second kappa shape index (κ2) is 4.34. The first kappa shape index (κ1) is 11.3. The molecule has 0 aromatic carbocycles. The first-order valence-corrected chi connectivity index (χ1v) is 6.23. The van der Waals surface area contributed by atoms with Crippen LogP contribution in [0.25, 0.3) is 0 Å². The third-order valence-electron chi connectivity index (χ3n) is 3.05. The van der Waals surface area contributed by atoms with Gasteiger partial charge in [0.05, 0.1) is 16.4 Å². The highest BCUT2D eigenvalue weighted by Gasteiger charge is 2.29. The van der Waals surface area contributed by atoms with E-state index in [9.17, 15) is 0 Å². The number of rotatable bonds is 4. The molecule has 15 heavy (non-hydrogen) atoms. The van der Waals surface area contributed by atoms with E-state index in [1.54, 1.807) is 0 Å². The minimum Gasteiger partial charge on any atom is -0.271 e. The van der Waals surface area contributed by atoms with Gasteiger partial charge in [-0.2, -0.15) is 5.10 Å². The van der Waals surface area contributed by atoms with Crippen molar-refractivity contribution in [3.05, 3.63) is 16.4 Å². The summed E-state index contributed by atoms with van der Waals surface area (Å²) in [5.74, 6) is 0.750. The van der Waals surface area contributed by atoms with Gasteiger partial charge in [-0.1, -0.05) is 11.6 Å². The van der Waals surface area contributed by atoms with Gasteiger partial charge in [0.1, 0.15) is 0 Å². The van der Waals surface area contributed by atoms with Crippen molar-refractivity contribution < 1.29 is 0 Å². The zero-order chi connectivity index (χ0) is 11.0. The van der Waals surface area contributed by atoms with E-state index in [0.29, 0.717) is 5.38 Å². The van der Waals surface area contributed by atoms with Gasteiger partial charge >= 0.3 is 0 Å². The van der Waals surface area contributed by atoms with Crippen molar-refractivity contribution in [1.29, 1.82) is 0 Å². The summed E-state index contributed by atoms with van der Waals surface area (Å²) in [5.41, 5.74) is 2.02. The van der Waals surface area contributed by atoms with E-state index in [0.717, 1.165) is 35.2 Å². The zero-order valence-electron chi connectivity index (χ0n) is 9.13. The van der Waals surface area contributed by atoms with Crippen LogP contribution < -0.4 is 0 Å². The first-order chi connectivity index (χ1) is 7.09. The minimum absolute atomic E-state index is 0.316. The van der Waals surface area contributed by atoms with Gasteiger partial charge in [0.25, 0.3) is 0 Å². The summed E-state index contributed by atoms with van der Waals surface area (Å²) in [6, 6.07) is 0. The molecule has 0 aliphatic heterocycles. The Hall–Kier alpha value is -0.210. The molecule has 1 atom stereocenters. The lowest BCUT2D eigenvalue weighted by atomic mass is 10.1. The average Bonchev–Trinajstić information content (AvgIpc) is 2.96. The van der Waals surface area contributed by atoms with Crippen LogP contribution in [-0.4, -0.2) is 15.2 Å². The molecule has 1 aromatic heterocycles. The maximum Gasteiger partial charge on any atom is 0.0846 e. The van der Waals surface area contributed by atoms with Gasteiger partial charge in [-0.05, 0) is 38.5 Å². The number of aryl methyl sites for hydroxylation is 2. The van der Waals surface area contributed by atoms with Crippen LogP contribution in [0.1, 0.15) is 30.7 Å². The number of hydrogen-bond donors (Lipinski definition) is 0. The van der Waals surface area contributed by atoms with E-state index in [1.807, 2.05) is 18.7 Å². The predicted octanol–water partition coefficient (Wildman–Crippen LogP) is 3.33. The smallest absolute Gasteiger partial charge is 0.0846 e. The fraction of sp³-hybridized carbons (Fsp3) is 0.727. The van der Waals surface area contributed by atoms with E-state index in [4.69, 9.17) is 23.2 Å². The number of hydrogen-bond acceptors (Lipinski definition) is 1. The van der Waals surface area contributed by atoms with Gasteiger partial charge in [-0.3, -0.25) is 4.68 Å². The van der Waals surface area contributed by atoms with Crippen molar-refractivity contribution >= 4 is 23.2 Å². The Kier molecular flexibility index (Phi) is 3.27. The number of nitrogens with zero attached hydrogens (tertiary/aromatic N) is 2. The molecule has 1 aromatic rings. The lowest BCUT2D eigenvalue weighted by Crippen LogP contribution is -2.06. The van der Waals surface area contributed by atoms with Crippen LogP contribution in [0.2, 0.25) is 5.02 Å². The van der Waals surface area contributed by atoms with E-state index in [2.05, 4.69) is 5.10 Å². The summed E-state index contributed by atoms with van der Waals surface area (Å²) < 4.78 is 1.87. The summed E-state index contributed by atoms with van der Waals surface area (Å²) in [6.45, 7) is 1.94. The molecular formula is C11H16Cl2N2. The fourth-order valence-electron chi connectivity index (χ4n) is 1.92. The molecular weight excluding hydrogens is 231 g/mol. The van der Waals surface area contributed by atoms with Gasteiger partial charge in [-0.25, -0.2) is 0 Å². The van der Waals surface area contributed by atoms with Crippen molar-refractivity contribution in [2.75, 3.05) is 0 Å². The molecule has 1 aliphatic carbocycles. The molecule has 1 aliphatic rings. The SMILES string of the molecule is Cc1nn(C)c(CCC(Cl)C2CC2)c1Cl. The van der Waals surface area contributed by atoms with E-state index in [-0.39, 0.29) is 0 Å². The van der Waals surface area contributed by atoms with Crippen molar-refractivity contribution in [2.45, 2.75) is 38.0 Å². The molecule has 0 radical (unpaired) electrons. The van der Waals surface area contributed by atoms with Crippen LogP contribution in [-0.2, 0) is 13.5 Å².